The third kappa shape index (κ3) is 4.85. The van der Waals surface area contributed by atoms with E-state index in [2.05, 4.69) is 6.92 Å². The Hall–Kier alpha value is -1.05. The molecule has 1 aromatic carbocycles. The minimum atomic E-state index is -0.208. The molecule has 0 N–H and O–H groups in total. The predicted octanol–water partition coefficient (Wildman–Crippen LogP) is 5.20. The molecule has 1 fully saturated rings. The summed E-state index contributed by atoms with van der Waals surface area (Å²) in [6.45, 7) is 3.06. The SMILES string of the molecule is CCC1CCC(CCCOc2ccc(F)cc2)CC1. The maximum absolute atomic E-state index is 12.7. The maximum Gasteiger partial charge on any atom is 0.123 e. The first kappa shape index (κ1) is 14.4. The summed E-state index contributed by atoms with van der Waals surface area (Å²) in [4.78, 5) is 0. The van der Waals surface area contributed by atoms with Gasteiger partial charge in [-0.2, -0.15) is 0 Å². The van der Waals surface area contributed by atoms with Gasteiger partial charge in [0.2, 0.25) is 0 Å². The lowest BCUT2D eigenvalue weighted by Gasteiger charge is -2.27. The molecule has 0 aromatic heterocycles. The third-order valence-electron chi connectivity index (χ3n) is 4.38. The Balaban J connectivity index is 1.58. The highest BCUT2D eigenvalue weighted by Crippen LogP contribution is 2.32. The fourth-order valence-corrected chi connectivity index (χ4v) is 3.02. The normalized spacial score (nSPS) is 23.3. The topological polar surface area (TPSA) is 9.23 Å². The van der Waals surface area contributed by atoms with Gasteiger partial charge in [-0.3, -0.25) is 0 Å². The van der Waals surface area contributed by atoms with Gasteiger partial charge in [0.25, 0.3) is 0 Å². The summed E-state index contributed by atoms with van der Waals surface area (Å²) in [6.07, 6.45) is 9.36. The van der Waals surface area contributed by atoms with Crippen LogP contribution in [0.25, 0.3) is 0 Å². The molecule has 0 spiro atoms. The van der Waals surface area contributed by atoms with E-state index in [0.717, 1.165) is 30.6 Å². The molecular formula is C17H25FO. The molecule has 1 saturated carbocycles. The van der Waals surface area contributed by atoms with Crippen LogP contribution in [0.1, 0.15) is 51.9 Å². The monoisotopic (exact) mass is 264 g/mol. The molecule has 1 aliphatic carbocycles. The molecule has 0 heterocycles. The van der Waals surface area contributed by atoms with Gasteiger partial charge in [-0.1, -0.05) is 39.0 Å². The van der Waals surface area contributed by atoms with Gasteiger partial charge in [0.1, 0.15) is 11.6 Å². The van der Waals surface area contributed by atoms with Crippen LogP contribution < -0.4 is 4.74 Å². The quantitative estimate of drug-likeness (QED) is 0.641. The Morgan fingerprint density at radius 2 is 1.68 bits per heavy atom. The van der Waals surface area contributed by atoms with Crippen LogP contribution in [-0.4, -0.2) is 6.61 Å². The molecule has 0 amide bonds. The first-order chi connectivity index (χ1) is 9.28. The van der Waals surface area contributed by atoms with Crippen molar-refractivity contribution in [2.24, 2.45) is 11.8 Å². The zero-order valence-corrected chi connectivity index (χ0v) is 11.9. The zero-order valence-electron chi connectivity index (χ0n) is 11.9. The highest BCUT2D eigenvalue weighted by atomic mass is 19.1. The molecule has 0 atom stereocenters. The number of halogens is 1. The third-order valence-corrected chi connectivity index (χ3v) is 4.38. The van der Waals surface area contributed by atoms with E-state index in [1.54, 1.807) is 12.1 Å². The van der Waals surface area contributed by atoms with Crippen molar-refractivity contribution in [3.8, 4) is 5.75 Å². The van der Waals surface area contributed by atoms with Crippen molar-refractivity contribution in [1.82, 2.24) is 0 Å². The van der Waals surface area contributed by atoms with Gasteiger partial charge >= 0.3 is 0 Å². The number of ether oxygens (including phenoxy) is 1. The van der Waals surface area contributed by atoms with Crippen LogP contribution in [0.4, 0.5) is 4.39 Å². The van der Waals surface area contributed by atoms with Crippen LogP contribution in [0.5, 0.6) is 5.75 Å². The van der Waals surface area contributed by atoms with Crippen LogP contribution in [0.2, 0.25) is 0 Å². The second-order valence-corrected chi connectivity index (χ2v) is 5.74. The Morgan fingerprint density at radius 3 is 2.32 bits per heavy atom. The lowest BCUT2D eigenvalue weighted by molar-refractivity contribution is 0.234. The minimum Gasteiger partial charge on any atom is -0.494 e. The van der Waals surface area contributed by atoms with Crippen LogP contribution in [0.15, 0.2) is 24.3 Å². The van der Waals surface area contributed by atoms with Gasteiger partial charge in [0, 0.05) is 0 Å². The van der Waals surface area contributed by atoms with E-state index in [1.807, 2.05) is 0 Å². The molecule has 2 heteroatoms. The fraction of sp³-hybridized carbons (Fsp3) is 0.647. The maximum atomic E-state index is 12.7. The van der Waals surface area contributed by atoms with Gasteiger partial charge in [0.05, 0.1) is 6.61 Å². The smallest absolute Gasteiger partial charge is 0.123 e. The van der Waals surface area contributed by atoms with E-state index < -0.39 is 0 Å². The van der Waals surface area contributed by atoms with E-state index in [0.29, 0.717) is 0 Å². The number of hydrogen-bond acceptors (Lipinski definition) is 1. The molecule has 0 bridgehead atoms. The highest BCUT2D eigenvalue weighted by molar-refractivity contribution is 5.21. The summed E-state index contributed by atoms with van der Waals surface area (Å²) in [5.41, 5.74) is 0. The standard InChI is InChI=1S/C17H25FO/c1-2-14-5-7-15(8-6-14)4-3-13-19-17-11-9-16(18)10-12-17/h9-12,14-15H,2-8,13H2,1H3. The van der Waals surface area contributed by atoms with Crippen molar-refractivity contribution in [3.05, 3.63) is 30.1 Å². The molecule has 0 saturated heterocycles. The van der Waals surface area contributed by atoms with Gasteiger partial charge < -0.3 is 4.74 Å². The molecule has 106 valence electrons. The average Bonchev–Trinajstić information content (AvgIpc) is 2.46. The number of hydrogen-bond donors (Lipinski definition) is 0. The van der Waals surface area contributed by atoms with Gasteiger partial charge in [-0.15, -0.1) is 0 Å². The summed E-state index contributed by atoms with van der Waals surface area (Å²) < 4.78 is 18.4. The summed E-state index contributed by atoms with van der Waals surface area (Å²) in [5, 5.41) is 0. The van der Waals surface area contributed by atoms with E-state index in [1.165, 1.54) is 50.7 Å². The van der Waals surface area contributed by atoms with Crippen molar-refractivity contribution in [3.63, 3.8) is 0 Å². The Kier molecular flexibility index (Phi) is 5.68. The average molecular weight is 264 g/mol. The lowest BCUT2D eigenvalue weighted by atomic mass is 9.79. The van der Waals surface area contributed by atoms with Crippen LogP contribution >= 0.6 is 0 Å². The molecule has 1 aliphatic rings. The second kappa shape index (κ2) is 7.52. The van der Waals surface area contributed by atoms with E-state index >= 15 is 0 Å². The van der Waals surface area contributed by atoms with Crippen molar-refractivity contribution in [1.29, 1.82) is 0 Å². The fourth-order valence-electron chi connectivity index (χ4n) is 3.02. The summed E-state index contributed by atoms with van der Waals surface area (Å²) in [7, 11) is 0. The Labute approximate surface area is 116 Å². The molecule has 1 aromatic rings. The molecule has 0 radical (unpaired) electrons. The van der Waals surface area contributed by atoms with Crippen LogP contribution in [0.3, 0.4) is 0 Å². The van der Waals surface area contributed by atoms with Gasteiger partial charge in [-0.25, -0.2) is 4.39 Å². The van der Waals surface area contributed by atoms with E-state index in [9.17, 15) is 4.39 Å². The Morgan fingerprint density at radius 1 is 1.05 bits per heavy atom. The van der Waals surface area contributed by atoms with Crippen molar-refractivity contribution in [2.75, 3.05) is 6.61 Å². The van der Waals surface area contributed by atoms with Crippen LogP contribution in [-0.2, 0) is 0 Å². The molecule has 0 aliphatic heterocycles. The second-order valence-electron chi connectivity index (χ2n) is 5.74. The zero-order chi connectivity index (χ0) is 13.5. The van der Waals surface area contributed by atoms with Crippen LogP contribution in [0, 0.1) is 17.7 Å². The predicted molar refractivity (Wildman–Crippen MR) is 76.9 cm³/mol. The summed E-state index contributed by atoms with van der Waals surface area (Å²) >= 11 is 0. The molecular weight excluding hydrogens is 239 g/mol. The number of rotatable bonds is 6. The first-order valence-corrected chi connectivity index (χ1v) is 7.66. The lowest BCUT2D eigenvalue weighted by Crippen LogP contribution is -2.14. The molecule has 1 nitrogen and oxygen atoms in total. The van der Waals surface area contributed by atoms with Gasteiger partial charge in [0.15, 0.2) is 0 Å². The molecule has 2 rings (SSSR count). The largest absolute Gasteiger partial charge is 0.494 e. The van der Waals surface area contributed by atoms with E-state index in [4.69, 9.17) is 4.74 Å². The van der Waals surface area contributed by atoms with Gasteiger partial charge in [-0.05, 0) is 48.9 Å². The van der Waals surface area contributed by atoms with E-state index in [-0.39, 0.29) is 5.82 Å². The summed E-state index contributed by atoms with van der Waals surface area (Å²) in [5.74, 6) is 2.45. The molecule has 19 heavy (non-hydrogen) atoms. The number of benzene rings is 1. The Bertz CT molecular complexity index is 352. The minimum absolute atomic E-state index is 0.208. The molecule has 0 unspecified atom stereocenters. The highest BCUT2D eigenvalue weighted by Gasteiger charge is 2.19. The van der Waals surface area contributed by atoms with Crippen molar-refractivity contribution in [2.45, 2.75) is 51.9 Å². The van der Waals surface area contributed by atoms with Crippen molar-refractivity contribution >= 4 is 0 Å². The summed E-state index contributed by atoms with van der Waals surface area (Å²) in [6, 6.07) is 6.28. The van der Waals surface area contributed by atoms with Crippen molar-refractivity contribution < 1.29 is 9.13 Å². The first-order valence-electron chi connectivity index (χ1n) is 7.66.